The average Bonchev–Trinajstić information content (AvgIpc) is 3.81. The normalized spacial score (nSPS) is 11.4. The van der Waals surface area contributed by atoms with Crippen molar-refractivity contribution >= 4 is 65.5 Å². The highest BCUT2D eigenvalue weighted by Crippen LogP contribution is 2.47. The van der Waals surface area contributed by atoms with Gasteiger partial charge in [0.05, 0.1) is 20.5 Å². The van der Waals surface area contributed by atoms with Crippen molar-refractivity contribution in [1.82, 2.24) is 0 Å². The van der Waals surface area contributed by atoms with Crippen LogP contribution in [0.25, 0.3) is 39.7 Å². The molecule has 0 fully saturated rings. The van der Waals surface area contributed by atoms with Crippen molar-refractivity contribution in [3.63, 3.8) is 0 Å². The molecule has 4 heteroatoms. The fraction of sp³-hybridized carbons (Fsp3) is 0.421. The Balaban J connectivity index is 1.36. The lowest BCUT2D eigenvalue weighted by atomic mass is 10.0. The molecule has 0 bridgehead atoms. The molecule has 0 saturated carbocycles. The van der Waals surface area contributed by atoms with Gasteiger partial charge >= 0.3 is 0 Å². The number of hydrogen-bond donors (Lipinski definition) is 0. The Bertz CT molecular complexity index is 1510. The zero-order valence-corrected chi connectivity index (χ0v) is 28.4. The molecule has 0 spiro atoms. The van der Waals surface area contributed by atoms with Gasteiger partial charge in [-0.15, -0.1) is 58.2 Å². The van der Waals surface area contributed by atoms with Crippen LogP contribution in [0.2, 0.25) is 0 Å². The van der Waals surface area contributed by atoms with Crippen LogP contribution < -0.4 is 0 Å². The number of hydrogen-bond acceptors (Lipinski definition) is 4. The van der Waals surface area contributed by atoms with E-state index in [0.29, 0.717) is 0 Å². The molecule has 42 heavy (non-hydrogen) atoms. The van der Waals surface area contributed by atoms with E-state index in [2.05, 4.69) is 62.1 Å². The summed E-state index contributed by atoms with van der Waals surface area (Å²) in [6.07, 6.45) is 30.7. The summed E-state index contributed by atoms with van der Waals surface area (Å²) in [6.45, 7) is 4.55. The molecule has 218 valence electrons. The van der Waals surface area contributed by atoms with Crippen LogP contribution in [0.15, 0.2) is 36.4 Å². The summed E-state index contributed by atoms with van der Waals surface area (Å²) in [5.74, 6) is 6.11. The van der Waals surface area contributed by atoms with Crippen molar-refractivity contribution in [3.8, 4) is 44.2 Å². The first-order valence-electron chi connectivity index (χ1n) is 15.8. The van der Waals surface area contributed by atoms with E-state index in [9.17, 15) is 0 Å². The lowest BCUT2D eigenvalue weighted by Crippen LogP contribution is -1.82. The predicted octanol–water partition coefficient (Wildman–Crippen LogP) is 13.3. The summed E-state index contributed by atoms with van der Waals surface area (Å²) in [5, 5.41) is 2.26. The molecule has 4 aromatic heterocycles. The SMILES string of the molecule is C#Cc1c2cc(-c3ccc(CCCCCCCC)s3)sc2c(C#C)c2cc(-c3ccc(CCCCCCCC)s3)sc12. The van der Waals surface area contributed by atoms with Crippen LogP contribution in [0.5, 0.6) is 0 Å². The summed E-state index contributed by atoms with van der Waals surface area (Å²) in [7, 11) is 0. The maximum absolute atomic E-state index is 6.19. The Morgan fingerprint density at radius 1 is 0.500 bits per heavy atom. The van der Waals surface area contributed by atoms with Crippen molar-refractivity contribution in [3.05, 3.63) is 57.3 Å². The number of aryl methyl sites for hydroxylation is 2. The van der Waals surface area contributed by atoms with Gasteiger partial charge < -0.3 is 0 Å². The second kappa shape index (κ2) is 15.4. The molecule has 5 aromatic rings. The summed E-state index contributed by atoms with van der Waals surface area (Å²) < 4.78 is 2.30. The van der Waals surface area contributed by atoms with Crippen molar-refractivity contribution in [1.29, 1.82) is 0 Å². The van der Waals surface area contributed by atoms with Gasteiger partial charge in [0.15, 0.2) is 0 Å². The molecular formula is C38H42S4. The lowest BCUT2D eigenvalue weighted by Gasteiger charge is -2.02. The van der Waals surface area contributed by atoms with Crippen LogP contribution in [0, 0.1) is 24.7 Å². The fourth-order valence-electron chi connectivity index (χ4n) is 5.75. The van der Waals surface area contributed by atoms with Crippen LogP contribution in [0.4, 0.5) is 0 Å². The second-order valence-electron chi connectivity index (χ2n) is 11.3. The van der Waals surface area contributed by atoms with Crippen molar-refractivity contribution < 1.29 is 0 Å². The minimum Gasteiger partial charge on any atom is -0.139 e. The first-order chi connectivity index (χ1) is 20.7. The molecule has 0 radical (unpaired) electrons. The van der Waals surface area contributed by atoms with Crippen LogP contribution in [0.1, 0.15) is 112 Å². The molecule has 0 saturated heterocycles. The lowest BCUT2D eigenvalue weighted by molar-refractivity contribution is 0.609. The highest BCUT2D eigenvalue weighted by molar-refractivity contribution is 7.28. The highest BCUT2D eigenvalue weighted by Gasteiger charge is 2.20. The molecule has 1 aromatic carbocycles. The molecule has 5 rings (SSSR count). The molecule has 0 amide bonds. The van der Waals surface area contributed by atoms with E-state index in [4.69, 9.17) is 12.8 Å². The van der Waals surface area contributed by atoms with Gasteiger partial charge in [0, 0.05) is 40.0 Å². The van der Waals surface area contributed by atoms with Crippen LogP contribution in [0.3, 0.4) is 0 Å². The van der Waals surface area contributed by atoms with E-state index in [-0.39, 0.29) is 0 Å². The van der Waals surface area contributed by atoms with Gasteiger partial charge in [0.2, 0.25) is 0 Å². The van der Waals surface area contributed by atoms with Gasteiger partial charge in [0.25, 0.3) is 0 Å². The van der Waals surface area contributed by atoms with Gasteiger partial charge in [-0.05, 0) is 62.1 Å². The molecular weight excluding hydrogens is 585 g/mol. The van der Waals surface area contributed by atoms with Gasteiger partial charge in [-0.25, -0.2) is 0 Å². The predicted molar refractivity (Wildman–Crippen MR) is 194 cm³/mol. The topological polar surface area (TPSA) is 0 Å². The van der Waals surface area contributed by atoms with Gasteiger partial charge in [-0.1, -0.05) is 89.9 Å². The average molecular weight is 627 g/mol. The fourth-order valence-corrected chi connectivity index (χ4v) is 10.4. The summed E-state index contributed by atoms with van der Waals surface area (Å²) >= 11 is 7.45. The zero-order valence-electron chi connectivity index (χ0n) is 25.2. The smallest absolute Gasteiger partial charge is 0.0525 e. The Kier molecular flexibility index (Phi) is 11.4. The standard InChI is InChI=1S/C38H42S4/c1-5-9-11-13-15-17-19-27-21-23-33(39-27)35-25-31-29(7-3)38-32(30(8-4)37(31)41-35)26-36(42-38)34-24-22-28(40-34)20-18-16-14-12-10-6-2/h3-4,21-26H,5-6,9-20H2,1-2H3. The number of thiophene rings is 4. The zero-order chi connectivity index (χ0) is 29.3. The number of rotatable bonds is 16. The number of terminal acetylenes is 2. The first-order valence-corrected chi connectivity index (χ1v) is 19.1. The van der Waals surface area contributed by atoms with Crippen molar-refractivity contribution in [2.45, 2.75) is 104 Å². The molecule has 4 heterocycles. The van der Waals surface area contributed by atoms with E-state index in [1.807, 2.05) is 22.7 Å². The third-order valence-electron chi connectivity index (χ3n) is 8.11. The Morgan fingerprint density at radius 2 is 0.905 bits per heavy atom. The molecule has 0 N–H and O–H groups in total. The monoisotopic (exact) mass is 626 g/mol. The largest absolute Gasteiger partial charge is 0.139 e. The summed E-state index contributed by atoms with van der Waals surface area (Å²) in [5.41, 5.74) is 1.98. The van der Waals surface area contributed by atoms with E-state index >= 15 is 0 Å². The number of benzene rings is 1. The summed E-state index contributed by atoms with van der Waals surface area (Å²) in [4.78, 5) is 8.14. The highest BCUT2D eigenvalue weighted by atomic mass is 32.1. The van der Waals surface area contributed by atoms with Crippen molar-refractivity contribution in [2.75, 3.05) is 0 Å². The minimum absolute atomic E-state index is 0.991. The maximum atomic E-state index is 6.19. The third kappa shape index (κ3) is 7.23. The van der Waals surface area contributed by atoms with Gasteiger partial charge in [0.1, 0.15) is 0 Å². The Morgan fingerprint density at radius 3 is 1.31 bits per heavy atom. The quantitative estimate of drug-likeness (QED) is 0.0755. The van der Waals surface area contributed by atoms with Gasteiger partial charge in [-0.2, -0.15) is 0 Å². The minimum atomic E-state index is 0.991. The molecule has 0 aliphatic rings. The Labute approximate surface area is 269 Å². The number of fused-ring (bicyclic) bond motifs is 2. The van der Waals surface area contributed by atoms with E-state index < -0.39 is 0 Å². The van der Waals surface area contributed by atoms with Crippen LogP contribution in [-0.2, 0) is 12.8 Å². The van der Waals surface area contributed by atoms with Crippen LogP contribution in [-0.4, -0.2) is 0 Å². The van der Waals surface area contributed by atoms with E-state index in [0.717, 1.165) is 31.3 Å². The maximum Gasteiger partial charge on any atom is 0.0525 e. The van der Waals surface area contributed by atoms with Crippen molar-refractivity contribution in [2.24, 2.45) is 0 Å². The molecule has 0 aliphatic carbocycles. The van der Waals surface area contributed by atoms with Gasteiger partial charge in [-0.3, -0.25) is 0 Å². The molecule has 0 unspecified atom stereocenters. The Hall–Kier alpha value is -2.34. The molecule has 0 atom stereocenters. The van der Waals surface area contributed by atoms with E-state index in [1.54, 1.807) is 22.7 Å². The van der Waals surface area contributed by atoms with Crippen LogP contribution >= 0.6 is 45.3 Å². The molecule has 0 aliphatic heterocycles. The number of unbranched alkanes of at least 4 members (excludes halogenated alkanes) is 10. The third-order valence-corrected chi connectivity index (χ3v) is 13.1. The first kappa shape index (κ1) is 31.1. The second-order valence-corrected chi connectivity index (χ2v) is 15.8. The summed E-state index contributed by atoms with van der Waals surface area (Å²) in [6, 6.07) is 13.8. The molecule has 0 nitrogen and oxygen atoms in total. The van der Waals surface area contributed by atoms with E-state index in [1.165, 1.54) is 119 Å².